The summed E-state index contributed by atoms with van der Waals surface area (Å²) in [6.45, 7) is 4.11. The second kappa shape index (κ2) is 6.75. The number of rotatable bonds is 6. The Morgan fingerprint density at radius 3 is 2.35 bits per heavy atom. The SMILES string of the molecule is CCCC(CCC)C(=O)c1ccc(Cl)c(F)c1. The first kappa shape index (κ1) is 14.2. The average Bonchev–Trinajstić information content (AvgIpc) is 2.31. The Morgan fingerprint density at radius 2 is 1.88 bits per heavy atom. The van der Waals surface area contributed by atoms with Crippen LogP contribution < -0.4 is 0 Å². The number of ketones is 1. The molecule has 17 heavy (non-hydrogen) atoms. The first-order valence-corrected chi connectivity index (χ1v) is 6.47. The smallest absolute Gasteiger partial charge is 0.166 e. The number of benzene rings is 1. The van der Waals surface area contributed by atoms with E-state index in [0.717, 1.165) is 25.7 Å². The van der Waals surface area contributed by atoms with E-state index in [9.17, 15) is 9.18 Å². The molecule has 0 atom stereocenters. The Morgan fingerprint density at radius 1 is 1.29 bits per heavy atom. The maximum atomic E-state index is 13.3. The molecule has 0 aliphatic rings. The van der Waals surface area contributed by atoms with Crippen LogP contribution in [0.1, 0.15) is 49.9 Å². The van der Waals surface area contributed by atoms with Crippen molar-refractivity contribution in [2.75, 3.05) is 0 Å². The van der Waals surface area contributed by atoms with Gasteiger partial charge in [-0.25, -0.2) is 4.39 Å². The predicted molar refractivity (Wildman–Crippen MR) is 69.0 cm³/mol. The highest BCUT2D eigenvalue weighted by Gasteiger charge is 2.19. The van der Waals surface area contributed by atoms with E-state index in [1.54, 1.807) is 6.07 Å². The first-order valence-electron chi connectivity index (χ1n) is 6.09. The van der Waals surface area contributed by atoms with Gasteiger partial charge in [-0.15, -0.1) is 0 Å². The van der Waals surface area contributed by atoms with Crippen LogP contribution in [-0.2, 0) is 0 Å². The molecule has 0 bridgehead atoms. The van der Waals surface area contributed by atoms with E-state index in [4.69, 9.17) is 11.6 Å². The van der Waals surface area contributed by atoms with Gasteiger partial charge in [-0.2, -0.15) is 0 Å². The monoisotopic (exact) mass is 256 g/mol. The van der Waals surface area contributed by atoms with E-state index in [0.29, 0.717) is 5.56 Å². The molecule has 0 aliphatic carbocycles. The number of halogens is 2. The Hall–Kier alpha value is -0.890. The van der Waals surface area contributed by atoms with Crippen LogP contribution in [0.4, 0.5) is 4.39 Å². The van der Waals surface area contributed by atoms with E-state index in [1.165, 1.54) is 12.1 Å². The highest BCUT2D eigenvalue weighted by Crippen LogP contribution is 2.22. The van der Waals surface area contributed by atoms with Crippen LogP contribution in [0.25, 0.3) is 0 Å². The van der Waals surface area contributed by atoms with E-state index >= 15 is 0 Å². The fraction of sp³-hybridized carbons (Fsp3) is 0.500. The summed E-state index contributed by atoms with van der Waals surface area (Å²) in [6, 6.07) is 4.29. The summed E-state index contributed by atoms with van der Waals surface area (Å²) in [5.41, 5.74) is 0.429. The van der Waals surface area contributed by atoms with Crippen molar-refractivity contribution in [1.82, 2.24) is 0 Å². The quantitative estimate of drug-likeness (QED) is 0.663. The van der Waals surface area contributed by atoms with Gasteiger partial charge in [-0.3, -0.25) is 4.79 Å². The molecule has 1 nitrogen and oxygen atoms in total. The van der Waals surface area contributed by atoms with Gasteiger partial charge < -0.3 is 0 Å². The second-order valence-corrected chi connectivity index (χ2v) is 4.67. The topological polar surface area (TPSA) is 17.1 Å². The Kier molecular flexibility index (Phi) is 5.63. The van der Waals surface area contributed by atoms with Gasteiger partial charge in [0.05, 0.1) is 5.02 Å². The second-order valence-electron chi connectivity index (χ2n) is 4.27. The molecule has 1 aromatic rings. The average molecular weight is 257 g/mol. The summed E-state index contributed by atoms with van der Waals surface area (Å²) in [7, 11) is 0. The molecular weight excluding hydrogens is 239 g/mol. The summed E-state index contributed by atoms with van der Waals surface area (Å²) in [4.78, 5) is 12.2. The fourth-order valence-corrected chi connectivity index (χ4v) is 2.11. The van der Waals surface area contributed by atoms with E-state index in [2.05, 4.69) is 13.8 Å². The third kappa shape index (κ3) is 3.81. The fourth-order valence-electron chi connectivity index (χ4n) is 1.99. The Balaban J connectivity index is 2.88. The molecule has 0 spiro atoms. The predicted octanol–water partition coefficient (Wildman–Crippen LogP) is 4.88. The zero-order chi connectivity index (χ0) is 12.8. The van der Waals surface area contributed by atoms with Crippen molar-refractivity contribution in [2.45, 2.75) is 39.5 Å². The van der Waals surface area contributed by atoms with Crippen LogP contribution in [0.15, 0.2) is 18.2 Å². The minimum Gasteiger partial charge on any atom is -0.294 e. The minimum absolute atomic E-state index is 0.00516. The lowest BCUT2D eigenvalue weighted by Crippen LogP contribution is -2.14. The van der Waals surface area contributed by atoms with Crippen LogP contribution in [0, 0.1) is 11.7 Å². The molecule has 0 N–H and O–H groups in total. The molecule has 3 heteroatoms. The first-order chi connectivity index (χ1) is 8.10. The highest BCUT2D eigenvalue weighted by molar-refractivity contribution is 6.30. The van der Waals surface area contributed by atoms with E-state index < -0.39 is 5.82 Å². The van der Waals surface area contributed by atoms with Gasteiger partial charge in [0.2, 0.25) is 0 Å². The number of Topliss-reactive ketones (excluding diaryl/α,β-unsaturated/α-hetero) is 1. The third-order valence-electron chi connectivity index (χ3n) is 2.85. The summed E-state index contributed by atoms with van der Waals surface area (Å²) in [5, 5.41) is 0.0593. The van der Waals surface area contributed by atoms with Crippen LogP contribution >= 0.6 is 11.6 Å². The van der Waals surface area contributed by atoms with Gasteiger partial charge in [0.15, 0.2) is 5.78 Å². The molecule has 0 saturated carbocycles. The normalized spacial score (nSPS) is 10.9. The van der Waals surface area contributed by atoms with Crippen molar-refractivity contribution >= 4 is 17.4 Å². The Labute approximate surface area is 107 Å². The van der Waals surface area contributed by atoms with Crippen LogP contribution in [0.3, 0.4) is 0 Å². The maximum Gasteiger partial charge on any atom is 0.166 e. The molecule has 0 aliphatic heterocycles. The minimum atomic E-state index is -0.524. The van der Waals surface area contributed by atoms with Gasteiger partial charge in [-0.1, -0.05) is 38.3 Å². The van der Waals surface area contributed by atoms with Crippen molar-refractivity contribution in [2.24, 2.45) is 5.92 Å². The van der Waals surface area contributed by atoms with Crippen molar-refractivity contribution in [3.05, 3.63) is 34.6 Å². The maximum absolute atomic E-state index is 13.3. The van der Waals surface area contributed by atoms with Gasteiger partial charge in [-0.05, 0) is 31.0 Å². The van der Waals surface area contributed by atoms with Gasteiger partial charge in [0.25, 0.3) is 0 Å². The summed E-state index contributed by atoms with van der Waals surface area (Å²) in [6.07, 6.45) is 3.65. The highest BCUT2D eigenvalue weighted by atomic mass is 35.5. The molecule has 0 radical (unpaired) electrons. The number of carbonyl (C=O) groups is 1. The summed E-state index contributed by atoms with van der Waals surface area (Å²) >= 11 is 5.60. The molecule has 0 aromatic heterocycles. The van der Waals surface area contributed by atoms with Crippen LogP contribution in [0.2, 0.25) is 5.02 Å². The molecule has 1 rings (SSSR count). The zero-order valence-corrected chi connectivity index (χ0v) is 11.1. The largest absolute Gasteiger partial charge is 0.294 e. The summed E-state index contributed by atoms with van der Waals surface area (Å²) in [5.74, 6) is -0.487. The van der Waals surface area contributed by atoms with Gasteiger partial charge >= 0.3 is 0 Å². The number of hydrogen-bond donors (Lipinski definition) is 0. The molecule has 0 unspecified atom stereocenters. The van der Waals surface area contributed by atoms with E-state index in [1.807, 2.05) is 0 Å². The lowest BCUT2D eigenvalue weighted by atomic mass is 9.90. The zero-order valence-electron chi connectivity index (χ0n) is 10.3. The third-order valence-corrected chi connectivity index (χ3v) is 3.16. The molecular formula is C14H18ClFO. The lowest BCUT2D eigenvalue weighted by molar-refractivity contribution is 0.0904. The summed E-state index contributed by atoms with van der Waals surface area (Å²) < 4.78 is 13.3. The van der Waals surface area contributed by atoms with Gasteiger partial charge in [0, 0.05) is 11.5 Å². The van der Waals surface area contributed by atoms with Crippen LogP contribution in [0.5, 0.6) is 0 Å². The van der Waals surface area contributed by atoms with E-state index in [-0.39, 0.29) is 16.7 Å². The Bertz CT molecular complexity index is 384. The van der Waals surface area contributed by atoms with Crippen molar-refractivity contribution in [3.8, 4) is 0 Å². The van der Waals surface area contributed by atoms with Crippen molar-refractivity contribution in [3.63, 3.8) is 0 Å². The lowest BCUT2D eigenvalue weighted by Gasteiger charge is -2.14. The molecule has 0 fully saturated rings. The van der Waals surface area contributed by atoms with Crippen LogP contribution in [-0.4, -0.2) is 5.78 Å². The van der Waals surface area contributed by atoms with Crippen molar-refractivity contribution in [1.29, 1.82) is 0 Å². The van der Waals surface area contributed by atoms with Crippen molar-refractivity contribution < 1.29 is 9.18 Å². The molecule has 1 aromatic carbocycles. The molecule has 94 valence electrons. The molecule has 0 amide bonds. The van der Waals surface area contributed by atoms with Gasteiger partial charge in [0.1, 0.15) is 5.82 Å². The molecule has 0 heterocycles. The standard InChI is InChI=1S/C14H18ClFO/c1-3-5-10(6-4-2)14(17)11-7-8-12(15)13(16)9-11/h7-10H,3-6H2,1-2H3. The number of carbonyl (C=O) groups excluding carboxylic acids is 1. The molecule has 0 saturated heterocycles. The number of hydrogen-bond acceptors (Lipinski definition) is 1.